The number of imidazole rings is 1. The lowest BCUT2D eigenvalue weighted by Crippen LogP contribution is -2.42. The highest BCUT2D eigenvalue weighted by atomic mass is 32.1. The van der Waals surface area contributed by atoms with Gasteiger partial charge in [0, 0.05) is 55.0 Å². The maximum Gasteiger partial charge on any atom is 0.243 e. The monoisotopic (exact) mass is 354 g/mol. The number of rotatable bonds is 5. The Balaban J connectivity index is 1.33. The summed E-state index contributed by atoms with van der Waals surface area (Å²) in [7, 11) is 0. The lowest BCUT2D eigenvalue weighted by Gasteiger charge is -2.22. The Labute approximate surface area is 148 Å². The SMILES string of the molecule is O=C(NCCc1csc(-c2cccnc2)n1)[C@H]1NCCc2[nH]cnc21. The van der Waals surface area contributed by atoms with Crippen molar-refractivity contribution in [2.24, 2.45) is 0 Å². The van der Waals surface area contributed by atoms with Gasteiger partial charge in [0.05, 0.1) is 17.7 Å². The molecule has 0 radical (unpaired) electrons. The normalized spacial score (nSPS) is 16.4. The van der Waals surface area contributed by atoms with Gasteiger partial charge in [-0.1, -0.05) is 0 Å². The Morgan fingerprint density at radius 1 is 1.44 bits per heavy atom. The fraction of sp³-hybridized carbons (Fsp3) is 0.294. The molecule has 0 saturated carbocycles. The van der Waals surface area contributed by atoms with Crippen LogP contribution in [0.4, 0.5) is 0 Å². The number of carbonyl (C=O) groups is 1. The summed E-state index contributed by atoms with van der Waals surface area (Å²) in [5.41, 5.74) is 3.83. The first-order valence-corrected chi connectivity index (χ1v) is 9.07. The van der Waals surface area contributed by atoms with E-state index in [0.29, 0.717) is 13.0 Å². The fourth-order valence-electron chi connectivity index (χ4n) is 2.90. The van der Waals surface area contributed by atoms with Crippen LogP contribution in [0.15, 0.2) is 36.2 Å². The summed E-state index contributed by atoms with van der Waals surface area (Å²) in [6.07, 6.45) is 6.77. The molecule has 0 unspecified atom stereocenters. The van der Waals surface area contributed by atoms with Gasteiger partial charge in [-0.3, -0.25) is 9.78 Å². The number of aromatic nitrogens is 4. The van der Waals surface area contributed by atoms with E-state index in [1.165, 1.54) is 0 Å². The summed E-state index contributed by atoms with van der Waals surface area (Å²) in [5.74, 6) is -0.0456. The first-order valence-electron chi connectivity index (χ1n) is 8.19. The molecule has 3 aromatic rings. The minimum atomic E-state index is -0.378. The van der Waals surface area contributed by atoms with E-state index in [2.05, 4.69) is 30.6 Å². The first kappa shape index (κ1) is 15.9. The number of nitrogens with zero attached hydrogens (tertiary/aromatic N) is 3. The highest BCUT2D eigenvalue weighted by molar-refractivity contribution is 7.13. The van der Waals surface area contributed by atoms with Gasteiger partial charge >= 0.3 is 0 Å². The fourth-order valence-corrected chi connectivity index (χ4v) is 3.74. The van der Waals surface area contributed by atoms with Gasteiger partial charge in [-0.15, -0.1) is 11.3 Å². The van der Waals surface area contributed by atoms with Crippen molar-refractivity contribution in [3.63, 3.8) is 0 Å². The van der Waals surface area contributed by atoms with Crippen LogP contribution >= 0.6 is 11.3 Å². The van der Waals surface area contributed by atoms with Gasteiger partial charge in [0.2, 0.25) is 5.91 Å². The average Bonchev–Trinajstić information content (AvgIpc) is 3.31. The third kappa shape index (κ3) is 3.45. The molecule has 0 aromatic carbocycles. The van der Waals surface area contributed by atoms with E-state index in [1.54, 1.807) is 30.1 Å². The van der Waals surface area contributed by atoms with Crippen LogP contribution in [0.1, 0.15) is 23.1 Å². The van der Waals surface area contributed by atoms with Gasteiger partial charge in [0.1, 0.15) is 11.0 Å². The topological polar surface area (TPSA) is 95.6 Å². The zero-order chi connectivity index (χ0) is 17.1. The Morgan fingerprint density at radius 2 is 2.40 bits per heavy atom. The van der Waals surface area contributed by atoms with Crippen molar-refractivity contribution in [1.29, 1.82) is 0 Å². The molecule has 0 bridgehead atoms. The lowest BCUT2D eigenvalue weighted by molar-refractivity contribution is -0.123. The quantitative estimate of drug-likeness (QED) is 0.645. The Morgan fingerprint density at radius 3 is 3.28 bits per heavy atom. The summed E-state index contributed by atoms with van der Waals surface area (Å²) in [6.45, 7) is 1.32. The Kier molecular flexibility index (Phi) is 4.53. The van der Waals surface area contributed by atoms with Crippen molar-refractivity contribution in [3.05, 3.63) is 53.3 Å². The third-order valence-corrected chi connectivity index (χ3v) is 5.09. The highest BCUT2D eigenvalue weighted by Gasteiger charge is 2.28. The third-order valence-electron chi connectivity index (χ3n) is 4.15. The Bertz CT molecular complexity index is 859. The minimum absolute atomic E-state index is 0.0456. The maximum absolute atomic E-state index is 12.4. The van der Waals surface area contributed by atoms with E-state index in [1.807, 2.05) is 17.5 Å². The van der Waals surface area contributed by atoms with Crippen LogP contribution in [0, 0.1) is 0 Å². The Hall–Kier alpha value is -2.58. The molecule has 4 heterocycles. The highest BCUT2D eigenvalue weighted by Crippen LogP contribution is 2.23. The molecule has 25 heavy (non-hydrogen) atoms. The first-order chi connectivity index (χ1) is 12.3. The summed E-state index contributed by atoms with van der Waals surface area (Å²) < 4.78 is 0. The minimum Gasteiger partial charge on any atom is -0.354 e. The van der Waals surface area contributed by atoms with E-state index in [4.69, 9.17) is 0 Å². The van der Waals surface area contributed by atoms with Gasteiger partial charge in [0.25, 0.3) is 0 Å². The molecule has 4 rings (SSSR count). The molecule has 3 aromatic heterocycles. The zero-order valence-electron chi connectivity index (χ0n) is 13.5. The van der Waals surface area contributed by atoms with Gasteiger partial charge in [-0.05, 0) is 12.1 Å². The number of fused-ring (bicyclic) bond motifs is 1. The summed E-state index contributed by atoms with van der Waals surface area (Å²) in [5, 5.41) is 9.17. The molecule has 1 aliphatic rings. The summed E-state index contributed by atoms with van der Waals surface area (Å²) >= 11 is 1.59. The number of pyridine rings is 1. The van der Waals surface area contributed by atoms with Gasteiger partial charge < -0.3 is 15.6 Å². The van der Waals surface area contributed by atoms with Crippen LogP contribution in [0.5, 0.6) is 0 Å². The maximum atomic E-state index is 12.4. The van der Waals surface area contributed by atoms with E-state index < -0.39 is 0 Å². The van der Waals surface area contributed by atoms with Crippen molar-refractivity contribution < 1.29 is 4.79 Å². The molecule has 1 aliphatic heterocycles. The van der Waals surface area contributed by atoms with Crippen molar-refractivity contribution in [1.82, 2.24) is 30.6 Å². The number of H-pyrrole nitrogens is 1. The molecule has 0 saturated heterocycles. The van der Waals surface area contributed by atoms with Crippen LogP contribution in [0.3, 0.4) is 0 Å². The predicted octanol–water partition coefficient (Wildman–Crippen LogP) is 1.47. The van der Waals surface area contributed by atoms with Crippen LogP contribution in [-0.2, 0) is 17.6 Å². The van der Waals surface area contributed by atoms with Crippen molar-refractivity contribution >= 4 is 17.2 Å². The number of thiazole rings is 1. The summed E-state index contributed by atoms with van der Waals surface area (Å²) in [4.78, 5) is 28.5. The lowest BCUT2D eigenvalue weighted by atomic mass is 10.1. The van der Waals surface area contributed by atoms with Gasteiger partial charge in [-0.25, -0.2) is 9.97 Å². The van der Waals surface area contributed by atoms with E-state index in [9.17, 15) is 4.79 Å². The summed E-state index contributed by atoms with van der Waals surface area (Å²) in [6, 6.07) is 3.52. The smallest absolute Gasteiger partial charge is 0.243 e. The second-order valence-electron chi connectivity index (χ2n) is 5.83. The van der Waals surface area contributed by atoms with Gasteiger partial charge in [0.15, 0.2) is 0 Å². The number of aromatic amines is 1. The van der Waals surface area contributed by atoms with E-state index in [0.717, 1.165) is 40.6 Å². The molecule has 3 N–H and O–H groups in total. The van der Waals surface area contributed by atoms with Crippen LogP contribution in [-0.4, -0.2) is 38.9 Å². The second kappa shape index (κ2) is 7.12. The molecule has 128 valence electrons. The number of hydrogen-bond donors (Lipinski definition) is 3. The van der Waals surface area contributed by atoms with Gasteiger partial charge in [-0.2, -0.15) is 0 Å². The molecular formula is C17H18N6OS. The number of hydrogen-bond acceptors (Lipinski definition) is 6. The standard InChI is InChI=1S/C17H18N6OS/c24-16(15-14-13(4-7-19-15)21-10-22-14)20-6-3-12-9-25-17(23-12)11-2-1-5-18-8-11/h1-2,5,8-10,15,19H,3-4,6-7H2,(H,20,24)(H,21,22)/t15-/m0/s1. The van der Waals surface area contributed by atoms with Crippen molar-refractivity contribution in [2.45, 2.75) is 18.9 Å². The van der Waals surface area contributed by atoms with Crippen LogP contribution in [0.25, 0.3) is 10.6 Å². The van der Waals surface area contributed by atoms with Crippen molar-refractivity contribution in [3.8, 4) is 10.6 Å². The number of carbonyl (C=O) groups excluding carboxylic acids is 1. The number of amides is 1. The van der Waals surface area contributed by atoms with E-state index in [-0.39, 0.29) is 11.9 Å². The molecule has 1 amide bonds. The largest absolute Gasteiger partial charge is 0.354 e. The van der Waals surface area contributed by atoms with Crippen LogP contribution < -0.4 is 10.6 Å². The molecule has 1 atom stereocenters. The molecule has 7 nitrogen and oxygen atoms in total. The molecular weight excluding hydrogens is 336 g/mol. The molecule has 0 spiro atoms. The molecule has 0 aliphatic carbocycles. The molecule has 0 fully saturated rings. The van der Waals surface area contributed by atoms with Crippen molar-refractivity contribution in [2.75, 3.05) is 13.1 Å². The predicted molar refractivity (Wildman–Crippen MR) is 95.1 cm³/mol. The van der Waals surface area contributed by atoms with Crippen LogP contribution in [0.2, 0.25) is 0 Å². The molecule has 8 heteroatoms. The number of nitrogens with one attached hydrogen (secondary N) is 3. The average molecular weight is 354 g/mol. The zero-order valence-corrected chi connectivity index (χ0v) is 14.3. The second-order valence-corrected chi connectivity index (χ2v) is 6.69. The van der Waals surface area contributed by atoms with E-state index >= 15 is 0 Å².